The molecular formula is C21H30N2O3. The van der Waals surface area contributed by atoms with Gasteiger partial charge in [-0.25, -0.2) is 0 Å². The SMILES string of the molecule is C=C/C=C(\C=NC)OC[C@@H](OC)c1ccc(CN2CCCOCC2)cc1. The van der Waals surface area contributed by atoms with Crippen molar-refractivity contribution in [3.8, 4) is 0 Å². The van der Waals surface area contributed by atoms with Crippen LogP contribution in [0.5, 0.6) is 0 Å². The van der Waals surface area contributed by atoms with Crippen molar-refractivity contribution in [3.63, 3.8) is 0 Å². The molecule has 0 spiro atoms. The summed E-state index contributed by atoms with van der Waals surface area (Å²) in [5, 5.41) is 0. The second kappa shape index (κ2) is 11.6. The third-order valence-corrected chi connectivity index (χ3v) is 4.30. The van der Waals surface area contributed by atoms with Gasteiger partial charge in [0.25, 0.3) is 0 Å². The fourth-order valence-electron chi connectivity index (χ4n) is 2.90. The highest BCUT2D eigenvalue weighted by molar-refractivity contribution is 5.76. The van der Waals surface area contributed by atoms with Gasteiger partial charge in [0, 0.05) is 40.4 Å². The zero-order valence-corrected chi connectivity index (χ0v) is 15.9. The minimum Gasteiger partial charge on any atom is -0.489 e. The lowest BCUT2D eigenvalue weighted by Gasteiger charge is -2.20. The van der Waals surface area contributed by atoms with Crippen molar-refractivity contribution < 1.29 is 14.2 Å². The highest BCUT2D eigenvalue weighted by atomic mass is 16.5. The van der Waals surface area contributed by atoms with E-state index in [2.05, 4.69) is 40.7 Å². The van der Waals surface area contributed by atoms with E-state index in [1.807, 2.05) is 0 Å². The molecule has 1 aromatic rings. The van der Waals surface area contributed by atoms with Crippen LogP contribution < -0.4 is 0 Å². The second-order valence-electron chi connectivity index (χ2n) is 6.21. The Balaban J connectivity index is 1.93. The summed E-state index contributed by atoms with van der Waals surface area (Å²) < 4.78 is 16.9. The molecule has 0 unspecified atom stereocenters. The lowest BCUT2D eigenvalue weighted by atomic mass is 10.1. The van der Waals surface area contributed by atoms with Crippen LogP contribution in [-0.2, 0) is 20.8 Å². The predicted octanol–water partition coefficient (Wildman–Crippen LogP) is 3.38. The predicted molar refractivity (Wildman–Crippen MR) is 106 cm³/mol. The molecule has 5 nitrogen and oxygen atoms in total. The van der Waals surface area contributed by atoms with Gasteiger partial charge in [-0.15, -0.1) is 0 Å². The van der Waals surface area contributed by atoms with Gasteiger partial charge in [0.05, 0.1) is 12.8 Å². The molecule has 1 saturated heterocycles. The van der Waals surface area contributed by atoms with Crippen LogP contribution in [0.2, 0.25) is 0 Å². The van der Waals surface area contributed by atoms with Gasteiger partial charge in [-0.1, -0.05) is 36.9 Å². The number of rotatable bonds is 9. The van der Waals surface area contributed by atoms with Gasteiger partial charge >= 0.3 is 0 Å². The standard InChI is InChI=1S/C21H30N2O3/c1-4-6-20(15-22-2)26-17-21(24-3)19-9-7-18(8-10-19)16-23-11-5-13-25-14-12-23/h4,6-10,15,21H,1,5,11-14,16-17H2,2-3H3/b20-6+,22-15?/t21-/m1/s1. The molecule has 1 aromatic carbocycles. The van der Waals surface area contributed by atoms with Crippen LogP contribution in [-0.4, -0.2) is 58.2 Å². The van der Waals surface area contributed by atoms with Crippen molar-refractivity contribution in [2.45, 2.75) is 19.1 Å². The zero-order chi connectivity index (χ0) is 18.6. The number of hydrogen-bond donors (Lipinski definition) is 0. The summed E-state index contributed by atoms with van der Waals surface area (Å²) in [6, 6.07) is 8.57. The highest BCUT2D eigenvalue weighted by Gasteiger charge is 2.13. The first-order valence-corrected chi connectivity index (χ1v) is 9.06. The van der Waals surface area contributed by atoms with E-state index in [9.17, 15) is 0 Å². The fourth-order valence-corrected chi connectivity index (χ4v) is 2.90. The molecule has 0 aromatic heterocycles. The third-order valence-electron chi connectivity index (χ3n) is 4.30. The number of methoxy groups -OCH3 is 1. The van der Waals surface area contributed by atoms with Crippen LogP contribution in [0.3, 0.4) is 0 Å². The molecule has 1 heterocycles. The fraction of sp³-hybridized carbons (Fsp3) is 0.476. The molecule has 0 aliphatic carbocycles. The molecule has 0 radical (unpaired) electrons. The van der Waals surface area contributed by atoms with Crippen molar-refractivity contribution in [2.75, 3.05) is 47.1 Å². The maximum atomic E-state index is 5.79. The summed E-state index contributed by atoms with van der Waals surface area (Å²) >= 11 is 0. The van der Waals surface area contributed by atoms with Crippen molar-refractivity contribution in [1.82, 2.24) is 4.90 Å². The van der Waals surface area contributed by atoms with Crippen molar-refractivity contribution in [3.05, 3.63) is 59.9 Å². The maximum Gasteiger partial charge on any atom is 0.137 e. The first-order valence-electron chi connectivity index (χ1n) is 9.06. The average Bonchev–Trinajstić information content (AvgIpc) is 2.92. The molecule has 1 aliphatic heterocycles. The quantitative estimate of drug-likeness (QED) is 0.386. The molecule has 5 heteroatoms. The minimum atomic E-state index is -0.130. The van der Waals surface area contributed by atoms with Crippen LogP contribution in [0.4, 0.5) is 0 Å². The highest BCUT2D eigenvalue weighted by Crippen LogP contribution is 2.19. The van der Waals surface area contributed by atoms with E-state index in [4.69, 9.17) is 14.2 Å². The van der Waals surface area contributed by atoms with Crippen LogP contribution >= 0.6 is 0 Å². The number of aliphatic imine (C=N–C) groups is 1. The van der Waals surface area contributed by atoms with Crippen molar-refractivity contribution in [1.29, 1.82) is 0 Å². The second-order valence-corrected chi connectivity index (χ2v) is 6.21. The Kier molecular flexibility index (Phi) is 9.10. The Labute approximate surface area is 157 Å². The summed E-state index contributed by atoms with van der Waals surface area (Å²) in [6.07, 6.45) is 6.11. The molecule has 1 aliphatic rings. The zero-order valence-electron chi connectivity index (χ0n) is 15.9. The number of ether oxygens (including phenoxy) is 3. The minimum absolute atomic E-state index is 0.130. The average molecular weight is 358 g/mol. The van der Waals surface area contributed by atoms with Gasteiger partial charge < -0.3 is 14.2 Å². The molecule has 0 N–H and O–H groups in total. The first-order chi connectivity index (χ1) is 12.8. The maximum absolute atomic E-state index is 5.79. The van der Waals surface area contributed by atoms with Gasteiger partial charge in [0.15, 0.2) is 0 Å². The van der Waals surface area contributed by atoms with Crippen LogP contribution in [0, 0.1) is 0 Å². The van der Waals surface area contributed by atoms with Gasteiger partial charge in [0.2, 0.25) is 0 Å². The monoisotopic (exact) mass is 358 g/mol. The van der Waals surface area contributed by atoms with E-state index in [0.717, 1.165) is 44.8 Å². The van der Waals surface area contributed by atoms with Crippen LogP contribution in [0.25, 0.3) is 0 Å². The van der Waals surface area contributed by atoms with E-state index in [-0.39, 0.29) is 6.10 Å². The topological polar surface area (TPSA) is 43.3 Å². The molecule has 0 amide bonds. The molecular weight excluding hydrogens is 328 g/mol. The Morgan fingerprint density at radius 1 is 1.31 bits per heavy atom. The van der Waals surface area contributed by atoms with Crippen molar-refractivity contribution in [2.24, 2.45) is 4.99 Å². The Morgan fingerprint density at radius 2 is 2.12 bits per heavy atom. The van der Waals surface area contributed by atoms with Crippen LogP contribution in [0.1, 0.15) is 23.7 Å². The lowest BCUT2D eigenvalue weighted by molar-refractivity contribution is 0.0373. The molecule has 1 fully saturated rings. The van der Waals surface area contributed by atoms with E-state index < -0.39 is 0 Å². The number of benzene rings is 1. The van der Waals surface area contributed by atoms with E-state index in [0.29, 0.717) is 12.4 Å². The molecule has 26 heavy (non-hydrogen) atoms. The van der Waals surface area contributed by atoms with Crippen LogP contribution in [0.15, 0.2) is 53.7 Å². The number of allylic oxidation sites excluding steroid dienone is 3. The Bertz CT molecular complexity index is 588. The summed E-state index contributed by atoms with van der Waals surface area (Å²) in [4.78, 5) is 6.42. The molecule has 0 bridgehead atoms. The molecule has 2 rings (SSSR count). The van der Waals surface area contributed by atoms with Gasteiger partial charge in [-0.3, -0.25) is 9.89 Å². The Morgan fingerprint density at radius 3 is 2.81 bits per heavy atom. The number of nitrogens with zero attached hydrogens (tertiary/aromatic N) is 2. The largest absolute Gasteiger partial charge is 0.489 e. The molecule has 0 saturated carbocycles. The van der Waals surface area contributed by atoms with E-state index in [1.165, 1.54) is 5.56 Å². The summed E-state index contributed by atoms with van der Waals surface area (Å²) in [6.45, 7) is 8.85. The lowest BCUT2D eigenvalue weighted by Crippen LogP contribution is -2.25. The van der Waals surface area contributed by atoms with Gasteiger partial charge in [-0.05, 0) is 23.6 Å². The van der Waals surface area contributed by atoms with Gasteiger partial charge in [0.1, 0.15) is 18.5 Å². The smallest absolute Gasteiger partial charge is 0.137 e. The summed E-state index contributed by atoms with van der Waals surface area (Å²) in [5.74, 6) is 0.671. The molecule has 1 atom stereocenters. The van der Waals surface area contributed by atoms with E-state index >= 15 is 0 Å². The van der Waals surface area contributed by atoms with Crippen molar-refractivity contribution >= 4 is 6.21 Å². The Hall–Kier alpha value is -1.95. The number of hydrogen-bond acceptors (Lipinski definition) is 5. The van der Waals surface area contributed by atoms with Gasteiger partial charge in [-0.2, -0.15) is 0 Å². The first kappa shape index (κ1) is 20.4. The third kappa shape index (κ3) is 6.75. The van der Waals surface area contributed by atoms with E-state index in [1.54, 1.807) is 32.5 Å². The normalized spacial score (nSPS) is 17.8. The summed E-state index contributed by atoms with van der Waals surface area (Å²) in [7, 11) is 3.41. The molecule has 142 valence electrons. The summed E-state index contributed by atoms with van der Waals surface area (Å²) in [5.41, 5.74) is 2.40.